The van der Waals surface area contributed by atoms with Crippen molar-refractivity contribution in [2.24, 2.45) is 0 Å². The highest BCUT2D eigenvalue weighted by Gasteiger charge is 2.24. The fraction of sp³-hybridized carbons (Fsp3) is 0.450. The molecule has 2 amide bonds. The number of aryl methyl sites for hydroxylation is 1. The maximum atomic E-state index is 13.8. The molecule has 0 bridgehead atoms. The number of nitrogens with one attached hydrogen (secondary N) is 1. The molecule has 1 aromatic heterocycles. The predicted molar refractivity (Wildman–Crippen MR) is 109 cm³/mol. The first kappa shape index (κ1) is 20.3. The number of amides is 2. The molecule has 1 aromatic carbocycles. The van der Waals surface area contributed by atoms with Crippen molar-refractivity contribution >= 4 is 23.5 Å². The number of carbonyl (C=O) groups is 1. The van der Waals surface area contributed by atoms with Crippen LogP contribution in [-0.2, 0) is 4.74 Å². The molecule has 2 saturated heterocycles. The number of morpholine rings is 1. The molecule has 0 radical (unpaired) electrons. The maximum absolute atomic E-state index is 13.8. The molecule has 0 atom stereocenters. The number of halogens is 2. The van der Waals surface area contributed by atoms with Crippen LogP contribution in [0.25, 0.3) is 0 Å². The number of rotatable bonds is 3. The van der Waals surface area contributed by atoms with Gasteiger partial charge in [0.1, 0.15) is 17.5 Å². The summed E-state index contributed by atoms with van der Waals surface area (Å²) in [5, 5.41) is 2.45. The Kier molecular flexibility index (Phi) is 5.93. The summed E-state index contributed by atoms with van der Waals surface area (Å²) < 4.78 is 32.5. The van der Waals surface area contributed by atoms with Crippen molar-refractivity contribution in [2.75, 3.05) is 67.6 Å². The monoisotopic (exact) mass is 418 g/mol. The Balaban J connectivity index is 1.39. The second kappa shape index (κ2) is 8.78. The van der Waals surface area contributed by atoms with E-state index in [1.165, 1.54) is 0 Å². The number of hydrogen-bond donors (Lipinski definition) is 1. The van der Waals surface area contributed by atoms with Crippen molar-refractivity contribution in [2.45, 2.75) is 6.92 Å². The molecule has 0 aliphatic carbocycles. The molecule has 10 heteroatoms. The summed E-state index contributed by atoms with van der Waals surface area (Å²) in [5.41, 5.74) is 0.715. The van der Waals surface area contributed by atoms with E-state index in [0.717, 1.165) is 42.8 Å². The van der Waals surface area contributed by atoms with Gasteiger partial charge in [-0.2, -0.15) is 4.98 Å². The van der Waals surface area contributed by atoms with Crippen LogP contribution in [0.15, 0.2) is 24.3 Å². The van der Waals surface area contributed by atoms with Crippen molar-refractivity contribution < 1.29 is 18.3 Å². The highest BCUT2D eigenvalue weighted by molar-refractivity contribution is 5.89. The summed E-state index contributed by atoms with van der Waals surface area (Å²) in [5.74, 6) is 0.234. The normalized spacial score (nSPS) is 17.2. The Bertz CT molecular complexity index is 914. The third-order valence-electron chi connectivity index (χ3n) is 5.18. The van der Waals surface area contributed by atoms with E-state index in [1.54, 1.807) is 4.90 Å². The van der Waals surface area contributed by atoms with Crippen molar-refractivity contribution in [3.05, 3.63) is 41.6 Å². The fourth-order valence-corrected chi connectivity index (χ4v) is 3.53. The van der Waals surface area contributed by atoms with E-state index in [4.69, 9.17) is 9.72 Å². The van der Waals surface area contributed by atoms with Crippen molar-refractivity contribution in [1.29, 1.82) is 0 Å². The van der Waals surface area contributed by atoms with Crippen LogP contribution in [0.2, 0.25) is 0 Å². The molecule has 4 rings (SSSR count). The lowest BCUT2D eigenvalue weighted by molar-refractivity contribution is 0.122. The summed E-state index contributed by atoms with van der Waals surface area (Å²) in [6.07, 6.45) is 0. The highest BCUT2D eigenvalue weighted by Crippen LogP contribution is 2.21. The lowest BCUT2D eigenvalue weighted by Gasteiger charge is -2.36. The van der Waals surface area contributed by atoms with Crippen LogP contribution in [0.4, 0.5) is 31.0 Å². The Morgan fingerprint density at radius 1 is 1.00 bits per heavy atom. The maximum Gasteiger partial charge on any atom is 0.322 e. The van der Waals surface area contributed by atoms with Gasteiger partial charge in [0.05, 0.1) is 18.9 Å². The lowest BCUT2D eigenvalue weighted by atomic mass is 10.3. The van der Waals surface area contributed by atoms with Crippen LogP contribution < -0.4 is 15.1 Å². The van der Waals surface area contributed by atoms with Crippen LogP contribution in [0.5, 0.6) is 0 Å². The summed E-state index contributed by atoms with van der Waals surface area (Å²) in [6, 6.07) is 4.46. The van der Waals surface area contributed by atoms with Crippen LogP contribution >= 0.6 is 0 Å². The number of nitrogens with zero attached hydrogens (tertiary/aromatic N) is 5. The Morgan fingerprint density at radius 3 is 2.47 bits per heavy atom. The van der Waals surface area contributed by atoms with Crippen molar-refractivity contribution in [1.82, 2.24) is 14.9 Å². The standard InChI is InChI=1S/C20H24F2N6O2/c1-14-12-18(25-19(23-14)27-8-10-30-11-9-27)26-4-6-28(7-5-26)20(29)24-17-13-15(21)2-3-16(17)22/h2-3,12-13H,4-11H2,1H3,(H,24,29). The number of benzene rings is 1. The first-order valence-electron chi connectivity index (χ1n) is 9.94. The molecule has 2 fully saturated rings. The zero-order valence-corrected chi connectivity index (χ0v) is 16.8. The topological polar surface area (TPSA) is 73.8 Å². The molecule has 0 unspecified atom stereocenters. The molecular formula is C20H24F2N6O2. The van der Waals surface area contributed by atoms with Crippen LogP contribution in [-0.4, -0.2) is 73.4 Å². The lowest BCUT2D eigenvalue weighted by Crippen LogP contribution is -2.50. The predicted octanol–water partition coefficient (Wildman–Crippen LogP) is 2.25. The number of anilines is 3. The van der Waals surface area contributed by atoms with Crippen LogP contribution in [0, 0.1) is 18.6 Å². The number of urea groups is 1. The van der Waals surface area contributed by atoms with Gasteiger partial charge < -0.3 is 24.8 Å². The number of piperazine rings is 1. The second-order valence-corrected chi connectivity index (χ2v) is 7.30. The minimum Gasteiger partial charge on any atom is -0.378 e. The Labute approximate surface area is 173 Å². The molecule has 8 nitrogen and oxygen atoms in total. The zero-order valence-electron chi connectivity index (χ0n) is 16.8. The third-order valence-corrected chi connectivity index (χ3v) is 5.18. The van der Waals surface area contributed by atoms with E-state index in [1.807, 2.05) is 13.0 Å². The molecule has 3 heterocycles. The molecular weight excluding hydrogens is 394 g/mol. The zero-order chi connectivity index (χ0) is 21.1. The molecule has 1 N–H and O–H groups in total. The SMILES string of the molecule is Cc1cc(N2CCN(C(=O)Nc3cc(F)ccc3F)CC2)nc(N2CCOCC2)n1. The van der Waals surface area contributed by atoms with Crippen LogP contribution in [0.3, 0.4) is 0 Å². The van der Waals surface area contributed by atoms with Gasteiger partial charge in [-0.1, -0.05) is 0 Å². The quantitative estimate of drug-likeness (QED) is 0.824. The summed E-state index contributed by atoms with van der Waals surface area (Å²) in [4.78, 5) is 27.5. The van der Waals surface area contributed by atoms with Gasteiger partial charge in [-0.3, -0.25) is 0 Å². The van der Waals surface area contributed by atoms with E-state index in [-0.39, 0.29) is 5.69 Å². The summed E-state index contributed by atoms with van der Waals surface area (Å²) in [7, 11) is 0. The summed E-state index contributed by atoms with van der Waals surface area (Å²) >= 11 is 0. The first-order valence-corrected chi connectivity index (χ1v) is 9.94. The molecule has 2 aliphatic rings. The van der Waals surface area contributed by atoms with Gasteiger partial charge in [-0.15, -0.1) is 0 Å². The molecule has 30 heavy (non-hydrogen) atoms. The van der Waals surface area contributed by atoms with E-state index >= 15 is 0 Å². The number of aromatic nitrogens is 2. The van der Waals surface area contributed by atoms with E-state index in [0.29, 0.717) is 45.3 Å². The van der Waals surface area contributed by atoms with Crippen LogP contribution in [0.1, 0.15) is 5.69 Å². The molecule has 0 spiro atoms. The number of hydrogen-bond acceptors (Lipinski definition) is 6. The first-order chi connectivity index (χ1) is 14.5. The average Bonchev–Trinajstić information content (AvgIpc) is 2.76. The largest absolute Gasteiger partial charge is 0.378 e. The van der Waals surface area contributed by atoms with Gasteiger partial charge in [-0.05, 0) is 19.1 Å². The molecule has 2 aliphatic heterocycles. The fourth-order valence-electron chi connectivity index (χ4n) is 3.53. The Morgan fingerprint density at radius 2 is 1.73 bits per heavy atom. The highest BCUT2D eigenvalue weighted by atomic mass is 19.1. The van der Waals surface area contributed by atoms with Gasteiger partial charge in [0.25, 0.3) is 0 Å². The molecule has 2 aromatic rings. The Hall–Kier alpha value is -3.01. The van der Waals surface area contributed by atoms with Gasteiger partial charge in [0, 0.05) is 57.1 Å². The number of ether oxygens (including phenoxy) is 1. The second-order valence-electron chi connectivity index (χ2n) is 7.30. The number of carbonyl (C=O) groups excluding carboxylic acids is 1. The smallest absolute Gasteiger partial charge is 0.322 e. The minimum atomic E-state index is -0.671. The van der Waals surface area contributed by atoms with E-state index in [9.17, 15) is 13.6 Å². The molecule has 0 saturated carbocycles. The van der Waals surface area contributed by atoms with Gasteiger partial charge in [-0.25, -0.2) is 18.6 Å². The minimum absolute atomic E-state index is 0.163. The molecule has 160 valence electrons. The van der Waals surface area contributed by atoms with Crippen molar-refractivity contribution in [3.8, 4) is 0 Å². The average molecular weight is 418 g/mol. The van der Waals surface area contributed by atoms with Gasteiger partial charge >= 0.3 is 6.03 Å². The summed E-state index contributed by atoms with van der Waals surface area (Å²) in [6.45, 7) is 6.82. The third kappa shape index (κ3) is 4.59. The van der Waals surface area contributed by atoms with E-state index in [2.05, 4.69) is 20.1 Å². The van der Waals surface area contributed by atoms with Gasteiger partial charge in [0.2, 0.25) is 5.95 Å². The van der Waals surface area contributed by atoms with E-state index < -0.39 is 17.7 Å². The van der Waals surface area contributed by atoms with Crippen molar-refractivity contribution in [3.63, 3.8) is 0 Å². The van der Waals surface area contributed by atoms with Gasteiger partial charge in [0.15, 0.2) is 0 Å².